The third-order valence-corrected chi connectivity index (χ3v) is 6.56. The van der Waals surface area contributed by atoms with Gasteiger partial charge in [-0.25, -0.2) is 4.79 Å². The van der Waals surface area contributed by atoms with Crippen molar-refractivity contribution < 1.29 is 0 Å². The van der Waals surface area contributed by atoms with Crippen LogP contribution in [-0.4, -0.2) is 22.6 Å². The molecule has 0 bridgehead atoms. The third kappa shape index (κ3) is 3.78. The molecular formula is C24H30N4O. The Bertz CT molecular complexity index is 1020. The lowest BCUT2D eigenvalue weighted by atomic mass is 9.89. The van der Waals surface area contributed by atoms with E-state index in [0.717, 1.165) is 42.0 Å². The Morgan fingerprint density at radius 1 is 0.966 bits per heavy atom. The molecule has 0 radical (unpaired) electrons. The minimum atomic E-state index is 0.0230. The summed E-state index contributed by atoms with van der Waals surface area (Å²) < 4.78 is 1.98. The quantitative estimate of drug-likeness (QED) is 0.625. The Kier molecular flexibility index (Phi) is 5.04. The number of hydrogen-bond donors (Lipinski definition) is 2. The van der Waals surface area contributed by atoms with Gasteiger partial charge in [0.1, 0.15) is 0 Å². The van der Waals surface area contributed by atoms with E-state index in [1.165, 1.54) is 50.6 Å². The molecule has 152 valence electrons. The molecule has 2 N–H and O–H groups in total. The summed E-state index contributed by atoms with van der Waals surface area (Å²) in [5, 5.41) is 3.58. The number of rotatable bonds is 5. The summed E-state index contributed by atoms with van der Waals surface area (Å²) in [6, 6.07) is 14.6. The topological polar surface area (TPSA) is 53.1 Å². The number of benzene rings is 2. The Morgan fingerprint density at radius 2 is 1.72 bits per heavy atom. The Morgan fingerprint density at radius 3 is 2.48 bits per heavy atom. The highest BCUT2D eigenvalue weighted by molar-refractivity contribution is 5.90. The molecule has 29 heavy (non-hydrogen) atoms. The zero-order valence-electron chi connectivity index (χ0n) is 17.0. The molecule has 0 spiro atoms. The molecule has 5 rings (SSSR count). The molecule has 3 aromatic rings. The summed E-state index contributed by atoms with van der Waals surface area (Å²) in [6.07, 6.45) is 8.87. The summed E-state index contributed by atoms with van der Waals surface area (Å²) in [4.78, 5) is 18.3. The largest absolute Gasteiger partial charge is 0.370 e. The second-order valence-electron chi connectivity index (χ2n) is 8.62. The van der Waals surface area contributed by atoms with Crippen LogP contribution in [0.3, 0.4) is 0 Å². The van der Waals surface area contributed by atoms with E-state index in [2.05, 4.69) is 39.5 Å². The van der Waals surface area contributed by atoms with Crippen LogP contribution in [-0.2, 0) is 6.54 Å². The monoisotopic (exact) mass is 390 g/mol. The number of imidazole rings is 1. The fourth-order valence-corrected chi connectivity index (χ4v) is 5.00. The molecule has 0 amide bonds. The van der Waals surface area contributed by atoms with E-state index in [0.29, 0.717) is 5.92 Å². The van der Waals surface area contributed by atoms with Gasteiger partial charge in [0, 0.05) is 25.3 Å². The second-order valence-corrected chi connectivity index (χ2v) is 8.62. The van der Waals surface area contributed by atoms with Crippen molar-refractivity contribution in [2.45, 2.75) is 51.5 Å². The molecule has 1 aliphatic carbocycles. The standard InChI is InChI=1S/C24H30N4O/c29-24-26-21-15-20(25-19-11-5-2-6-12-19)22(27-13-7-8-14-27)16-23(21)28(24)17-18-9-3-1-4-10-18/h2,5-6,11-12,15-16,18,25H,1,3-4,7-10,13-14,17H2,(H,26,29). The predicted octanol–water partition coefficient (Wildman–Crippen LogP) is 5.25. The lowest BCUT2D eigenvalue weighted by Crippen LogP contribution is -2.23. The zero-order chi connectivity index (χ0) is 19.6. The number of nitrogens with one attached hydrogen (secondary N) is 2. The van der Waals surface area contributed by atoms with Gasteiger partial charge in [-0.3, -0.25) is 4.57 Å². The molecule has 2 fully saturated rings. The molecule has 1 saturated heterocycles. The van der Waals surface area contributed by atoms with Gasteiger partial charge in [-0.05, 0) is 55.9 Å². The number of para-hydroxylation sites is 1. The molecule has 1 aliphatic heterocycles. The van der Waals surface area contributed by atoms with Gasteiger partial charge < -0.3 is 15.2 Å². The van der Waals surface area contributed by atoms with Crippen molar-refractivity contribution in [3.8, 4) is 0 Å². The zero-order valence-corrected chi connectivity index (χ0v) is 17.0. The Balaban J connectivity index is 1.55. The maximum Gasteiger partial charge on any atom is 0.326 e. The van der Waals surface area contributed by atoms with Gasteiger partial charge >= 0.3 is 5.69 Å². The number of aromatic amines is 1. The third-order valence-electron chi connectivity index (χ3n) is 6.56. The van der Waals surface area contributed by atoms with Crippen LogP contribution in [0.25, 0.3) is 11.0 Å². The first-order chi connectivity index (χ1) is 14.3. The maximum atomic E-state index is 12.8. The van der Waals surface area contributed by atoms with Gasteiger partial charge in [-0.2, -0.15) is 0 Å². The normalized spacial score (nSPS) is 17.9. The Labute approximate surface area is 171 Å². The fraction of sp³-hybridized carbons (Fsp3) is 0.458. The first-order valence-corrected chi connectivity index (χ1v) is 11.1. The predicted molar refractivity (Wildman–Crippen MR) is 120 cm³/mol. The van der Waals surface area contributed by atoms with Crippen LogP contribution in [0.4, 0.5) is 17.1 Å². The van der Waals surface area contributed by atoms with E-state index in [1.54, 1.807) is 0 Å². The summed E-state index contributed by atoms with van der Waals surface area (Å²) in [5.74, 6) is 0.623. The van der Waals surface area contributed by atoms with E-state index >= 15 is 0 Å². The van der Waals surface area contributed by atoms with Crippen LogP contribution in [0.1, 0.15) is 44.9 Å². The van der Waals surface area contributed by atoms with Gasteiger partial charge in [0.05, 0.1) is 22.4 Å². The average Bonchev–Trinajstić information content (AvgIpc) is 3.38. The highest BCUT2D eigenvalue weighted by atomic mass is 16.1. The van der Waals surface area contributed by atoms with Crippen molar-refractivity contribution in [2.24, 2.45) is 5.92 Å². The molecule has 2 heterocycles. The summed E-state index contributed by atoms with van der Waals surface area (Å²) in [5.41, 5.74) is 5.33. The lowest BCUT2D eigenvalue weighted by molar-refractivity contribution is 0.319. The summed E-state index contributed by atoms with van der Waals surface area (Å²) >= 11 is 0. The van der Waals surface area contributed by atoms with Gasteiger partial charge in [-0.1, -0.05) is 37.5 Å². The van der Waals surface area contributed by atoms with Crippen molar-refractivity contribution in [3.05, 3.63) is 52.9 Å². The minimum absolute atomic E-state index is 0.0230. The molecule has 5 nitrogen and oxygen atoms in total. The Hall–Kier alpha value is -2.69. The molecule has 0 unspecified atom stereocenters. The number of hydrogen-bond acceptors (Lipinski definition) is 3. The van der Waals surface area contributed by atoms with Gasteiger partial charge in [-0.15, -0.1) is 0 Å². The first-order valence-electron chi connectivity index (χ1n) is 11.1. The molecule has 2 aliphatic rings. The number of H-pyrrole nitrogens is 1. The van der Waals surface area contributed by atoms with Crippen molar-refractivity contribution in [2.75, 3.05) is 23.3 Å². The van der Waals surface area contributed by atoms with Gasteiger partial charge in [0.15, 0.2) is 0 Å². The molecular weight excluding hydrogens is 360 g/mol. The first kappa shape index (κ1) is 18.3. The SMILES string of the molecule is O=c1[nH]c2cc(Nc3ccccc3)c(N3CCCC3)cc2n1CC1CCCCC1. The van der Waals surface area contributed by atoms with E-state index in [4.69, 9.17) is 0 Å². The highest BCUT2D eigenvalue weighted by Crippen LogP contribution is 2.35. The number of anilines is 3. The summed E-state index contributed by atoms with van der Waals surface area (Å²) in [6.45, 7) is 2.99. The van der Waals surface area contributed by atoms with E-state index < -0.39 is 0 Å². The van der Waals surface area contributed by atoms with Crippen molar-refractivity contribution >= 4 is 28.1 Å². The van der Waals surface area contributed by atoms with E-state index in [1.807, 2.05) is 22.8 Å². The number of fused-ring (bicyclic) bond motifs is 1. The van der Waals surface area contributed by atoms with Crippen LogP contribution >= 0.6 is 0 Å². The number of aromatic nitrogens is 2. The van der Waals surface area contributed by atoms with Gasteiger partial charge in [0.25, 0.3) is 0 Å². The van der Waals surface area contributed by atoms with E-state index in [-0.39, 0.29) is 5.69 Å². The molecule has 1 aromatic heterocycles. The van der Waals surface area contributed by atoms with Crippen LogP contribution in [0, 0.1) is 5.92 Å². The van der Waals surface area contributed by atoms with Crippen molar-refractivity contribution in [1.82, 2.24) is 9.55 Å². The maximum absolute atomic E-state index is 12.8. The lowest BCUT2D eigenvalue weighted by Gasteiger charge is -2.24. The molecule has 5 heteroatoms. The number of nitrogens with zero attached hydrogens (tertiary/aromatic N) is 2. The average molecular weight is 391 g/mol. The molecule has 0 atom stereocenters. The molecule has 2 aromatic carbocycles. The van der Waals surface area contributed by atoms with Crippen molar-refractivity contribution in [1.29, 1.82) is 0 Å². The molecule has 1 saturated carbocycles. The minimum Gasteiger partial charge on any atom is -0.370 e. The van der Waals surface area contributed by atoms with Crippen LogP contribution in [0.2, 0.25) is 0 Å². The van der Waals surface area contributed by atoms with Crippen molar-refractivity contribution in [3.63, 3.8) is 0 Å². The van der Waals surface area contributed by atoms with Crippen LogP contribution in [0.5, 0.6) is 0 Å². The van der Waals surface area contributed by atoms with Crippen LogP contribution in [0.15, 0.2) is 47.3 Å². The van der Waals surface area contributed by atoms with Crippen LogP contribution < -0.4 is 15.9 Å². The second kappa shape index (κ2) is 7.97. The highest BCUT2D eigenvalue weighted by Gasteiger charge is 2.21. The smallest absolute Gasteiger partial charge is 0.326 e. The van der Waals surface area contributed by atoms with Gasteiger partial charge in [0.2, 0.25) is 0 Å². The van der Waals surface area contributed by atoms with E-state index in [9.17, 15) is 4.79 Å². The fourth-order valence-electron chi connectivity index (χ4n) is 5.00. The summed E-state index contributed by atoms with van der Waals surface area (Å²) in [7, 11) is 0.